The van der Waals surface area contributed by atoms with E-state index in [2.05, 4.69) is 16.8 Å². The van der Waals surface area contributed by atoms with Crippen LogP contribution in [0.3, 0.4) is 0 Å². The van der Waals surface area contributed by atoms with Gasteiger partial charge in [-0.05, 0) is 45.7 Å². The molecule has 1 amide bonds. The molecule has 1 aromatic heterocycles. The molecule has 0 bridgehead atoms. The number of carbonyl (C=O) groups is 3. The molecule has 0 aliphatic heterocycles. The summed E-state index contributed by atoms with van der Waals surface area (Å²) >= 11 is 0. The van der Waals surface area contributed by atoms with E-state index in [0.717, 1.165) is 26.8 Å². The maximum atomic E-state index is 12.9. The number of hydrogen-bond acceptors (Lipinski definition) is 4. The molecule has 1 unspecified atom stereocenters. The second-order valence-corrected chi connectivity index (χ2v) is 8.14. The van der Waals surface area contributed by atoms with Crippen LogP contribution in [0.4, 0.5) is 0 Å². The SMILES string of the molecule is O=C(O)CN(C(=O)C#Cc1ccc2ccccc2c1)C(Cc1ccc(-c2cccnc2)cc1)C(=O)O. The van der Waals surface area contributed by atoms with Gasteiger partial charge in [0.2, 0.25) is 0 Å². The van der Waals surface area contributed by atoms with E-state index >= 15 is 0 Å². The quantitative estimate of drug-likeness (QED) is 0.391. The predicted molar refractivity (Wildman–Crippen MR) is 135 cm³/mol. The maximum absolute atomic E-state index is 12.9. The number of carboxylic acid groups (broad SMARTS) is 2. The van der Waals surface area contributed by atoms with Crippen LogP contribution in [0.1, 0.15) is 11.1 Å². The molecule has 0 spiro atoms. The molecule has 0 radical (unpaired) electrons. The number of hydrogen-bond donors (Lipinski definition) is 2. The number of fused-ring (bicyclic) bond motifs is 1. The van der Waals surface area contributed by atoms with Crippen molar-refractivity contribution in [3.05, 3.63) is 102 Å². The van der Waals surface area contributed by atoms with Gasteiger partial charge in [0.15, 0.2) is 0 Å². The monoisotopic (exact) mass is 478 g/mol. The predicted octanol–water partition coefficient (Wildman–Crippen LogP) is 3.86. The molecule has 0 aliphatic carbocycles. The summed E-state index contributed by atoms with van der Waals surface area (Å²) in [6.45, 7) is -0.782. The minimum atomic E-state index is -1.40. The number of carbonyl (C=O) groups excluding carboxylic acids is 1. The Hall–Kier alpha value is -4.96. The van der Waals surface area contributed by atoms with Crippen LogP contribution in [0.2, 0.25) is 0 Å². The molecule has 36 heavy (non-hydrogen) atoms. The minimum Gasteiger partial charge on any atom is -0.480 e. The highest BCUT2D eigenvalue weighted by Crippen LogP contribution is 2.20. The smallest absolute Gasteiger partial charge is 0.326 e. The highest BCUT2D eigenvalue weighted by molar-refractivity contribution is 5.98. The fraction of sp³-hybridized carbons (Fsp3) is 0.103. The van der Waals surface area contributed by atoms with Crippen LogP contribution >= 0.6 is 0 Å². The fourth-order valence-electron chi connectivity index (χ4n) is 3.85. The van der Waals surface area contributed by atoms with Crippen LogP contribution in [0.15, 0.2) is 91.3 Å². The average molecular weight is 479 g/mol. The molecule has 0 aliphatic rings. The Bertz CT molecular complexity index is 1470. The molecule has 0 saturated heterocycles. The van der Waals surface area contributed by atoms with Crippen LogP contribution in [0.25, 0.3) is 21.9 Å². The lowest BCUT2D eigenvalue weighted by Gasteiger charge is -2.25. The molecule has 0 fully saturated rings. The van der Waals surface area contributed by atoms with E-state index in [1.165, 1.54) is 0 Å². The highest BCUT2D eigenvalue weighted by atomic mass is 16.4. The Labute approximate surface area is 207 Å². The molecule has 2 N–H and O–H groups in total. The molecule has 178 valence electrons. The lowest BCUT2D eigenvalue weighted by molar-refractivity contribution is -0.152. The molecular formula is C29H22N2O5. The summed E-state index contributed by atoms with van der Waals surface area (Å²) in [4.78, 5) is 41.4. The van der Waals surface area contributed by atoms with Crippen molar-refractivity contribution in [2.24, 2.45) is 0 Å². The Balaban J connectivity index is 1.56. The summed E-state index contributed by atoms with van der Waals surface area (Å²) in [6, 6.07) is 22.6. The van der Waals surface area contributed by atoms with E-state index < -0.39 is 30.4 Å². The first-order valence-electron chi connectivity index (χ1n) is 11.2. The normalized spacial score (nSPS) is 11.2. The van der Waals surface area contributed by atoms with Gasteiger partial charge >= 0.3 is 11.9 Å². The summed E-state index contributed by atoms with van der Waals surface area (Å²) in [5.74, 6) is 1.66. The molecule has 1 heterocycles. The second kappa shape index (κ2) is 11.0. The van der Waals surface area contributed by atoms with E-state index in [4.69, 9.17) is 0 Å². The lowest BCUT2D eigenvalue weighted by atomic mass is 10.0. The number of aromatic nitrogens is 1. The number of carboxylic acids is 2. The van der Waals surface area contributed by atoms with Crippen molar-refractivity contribution >= 4 is 28.6 Å². The second-order valence-electron chi connectivity index (χ2n) is 8.14. The third-order valence-electron chi connectivity index (χ3n) is 5.67. The summed E-state index contributed by atoms with van der Waals surface area (Å²) < 4.78 is 0. The Morgan fingerprint density at radius 2 is 1.61 bits per heavy atom. The van der Waals surface area contributed by atoms with Crippen LogP contribution < -0.4 is 0 Å². The zero-order chi connectivity index (χ0) is 25.5. The molecule has 7 heteroatoms. The molecular weight excluding hydrogens is 456 g/mol. The Kier molecular flexibility index (Phi) is 7.37. The number of aliphatic carboxylic acids is 2. The summed E-state index contributed by atoms with van der Waals surface area (Å²) in [5.41, 5.74) is 3.01. The maximum Gasteiger partial charge on any atom is 0.326 e. The van der Waals surface area contributed by atoms with E-state index in [-0.39, 0.29) is 6.42 Å². The number of benzene rings is 3. The van der Waals surface area contributed by atoms with Crippen molar-refractivity contribution in [3.63, 3.8) is 0 Å². The number of pyridine rings is 1. The zero-order valence-electron chi connectivity index (χ0n) is 19.2. The van der Waals surface area contributed by atoms with Gasteiger partial charge in [-0.2, -0.15) is 0 Å². The van der Waals surface area contributed by atoms with Gasteiger partial charge in [0.05, 0.1) is 0 Å². The first-order valence-corrected chi connectivity index (χ1v) is 11.2. The molecule has 4 aromatic rings. The third kappa shape index (κ3) is 5.93. The van der Waals surface area contributed by atoms with E-state index in [9.17, 15) is 24.6 Å². The number of nitrogens with zero attached hydrogens (tertiary/aromatic N) is 2. The van der Waals surface area contributed by atoms with Gasteiger partial charge in [0.1, 0.15) is 12.6 Å². The van der Waals surface area contributed by atoms with E-state index in [0.29, 0.717) is 11.1 Å². The van der Waals surface area contributed by atoms with Crippen molar-refractivity contribution in [1.82, 2.24) is 9.88 Å². The van der Waals surface area contributed by atoms with Gasteiger partial charge < -0.3 is 15.1 Å². The van der Waals surface area contributed by atoms with Crippen molar-refractivity contribution in [3.8, 4) is 23.0 Å². The van der Waals surface area contributed by atoms with Gasteiger partial charge in [0.25, 0.3) is 5.91 Å². The molecule has 3 aromatic carbocycles. The number of amides is 1. The standard InChI is InChI=1S/C29H22N2O5/c32-27(14-10-20-7-11-22-4-1-2-5-24(22)16-20)31(19-28(33)34)26(29(35)36)17-21-8-12-23(13-9-21)25-6-3-15-30-18-25/h1-9,11-13,15-16,18,26H,17,19H2,(H,33,34)(H,35,36). The molecule has 0 saturated carbocycles. The topological polar surface area (TPSA) is 108 Å². The van der Waals surface area contributed by atoms with E-state index in [1.807, 2.05) is 60.7 Å². The number of rotatable bonds is 7. The van der Waals surface area contributed by atoms with Gasteiger partial charge in [-0.3, -0.25) is 14.6 Å². The van der Waals surface area contributed by atoms with Gasteiger partial charge in [-0.25, -0.2) is 4.79 Å². The van der Waals surface area contributed by atoms with Crippen LogP contribution in [0, 0.1) is 11.8 Å². The van der Waals surface area contributed by atoms with Crippen molar-refractivity contribution in [2.45, 2.75) is 12.5 Å². The largest absolute Gasteiger partial charge is 0.480 e. The van der Waals surface area contributed by atoms with Crippen LogP contribution in [-0.4, -0.2) is 50.5 Å². The molecule has 1 atom stereocenters. The third-order valence-corrected chi connectivity index (χ3v) is 5.67. The fourth-order valence-corrected chi connectivity index (χ4v) is 3.85. The first kappa shape index (κ1) is 24.2. The van der Waals surface area contributed by atoms with Gasteiger partial charge in [-0.15, -0.1) is 0 Å². The van der Waals surface area contributed by atoms with Crippen molar-refractivity contribution < 1.29 is 24.6 Å². The summed E-state index contributed by atoms with van der Waals surface area (Å²) in [7, 11) is 0. The van der Waals surface area contributed by atoms with Gasteiger partial charge in [0, 0.05) is 30.3 Å². The molecule has 4 rings (SSSR count). The lowest BCUT2D eigenvalue weighted by Crippen LogP contribution is -2.48. The molecule has 7 nitrogen and oxygen atoms in total. The summed E-state index contributed by atoms with van der Waals surface area (Å²) in [6.07, 6.45) is 3.32. The highest BCUT2D eigenvalue weighted by Gasteiger charge is 2.31. The minimum absolute atomic E-state index is 0.0701. The Morgan fingerprint density at radius 3 is 2.28 bits per heavy atom. The van der Waals surface area contributed by atoms with Crippen molar-refractivity contribution in [2.75, 3.05) is 6.54 Å². The van der Waals surface area contributed by atoms with E-state index in [1.54, 1.807) is 30.6 Å². The summed E-state index contributed by atoms with van der Waals surface area (Å²) in [5, 5.41) is 21.2. The van der Waals surface area contributed by atoms with Crippen LogP contribution in [0.5, 0.6) is 0 Å². The average Bonchev–Trinajstić information content (AvgIpc) is 2.89. The zero-order valence-corrected chi connectivity index (χ0v) is 19.2. The Morgan fingerprint density at radius 1 is 0.861 bits per heavy atom. The van der Waals surface area contributed by atoms with Gasteiger partial charge in [-0.1, -0.05) is 66.6 Å². The first-order chi connectivity index (χ1) is 17.4. The van der Waals surface area contributed by atoms with Crippen molar-refractivity contribution in [1.29, 1.82) is 0 Å². The van der Waals surface area contributed by atoms with Crippen LogP contribution in [-0.2, 0) is 20.8 Å².